The third-order valence-electron chi connectivity index (χ3n) is 3.91. The molecule has 0 heterocycles. The molecule has 0 atom stereocenters. The molecule has 0 spiro atoms. The molecule has 2 N–H and O–H groups in total. The standard InChI is InChI=1S/C21H19BrN2O/c1-15-12-13-19(18(22)14-15)23-21(25)24-20(16-8-4-2-5-9-16)17-10-6-3-7-11-17/h2-14,20H,1H3,(H2,23,24,25). The van der Waals surface area contributed by atoms with Crippen molar-refractivity contribution in [2.75, 3.05) is 5.32 Å². The Balaban J connectivity index is 1.82. The topological polar surface area (TPSA) is 41.1 Å². The van der Waals surface area contributed by atoms with Gasteiger partial charge in [-0.3, -0.25) is 0 Å². The van der Waals surface area contributed by atoms with Gasteiger partial charge in [0.1, 0.15) is 0 Å². The van der Waals surface area contributed by atoms with Gasteiger partial charge in [-0.1, -0.05) is 66.7 Å². The molecule has 0 radical (unpaired) electrons. The maximum absolute atomic E-state index is 12.6. The molecular weight excluding hydrogens is 376 g/mol. The zero-order valence-corrected chi connectivity index (χ0v) is 15.5. The van der Waals surface area contributed by atoms with Gasteiger partial charge in [0.2, 0.25) is 0 Å². The minimum atomic E-state index is -0.248. The van der Waals surface area contributed by atoms with Crippen LogP contribution < -0.4 is 10.6 Å². The molecule has 0 fully saturated rings. The van der Waals surface area contributed by atoms with Gasteiger partial charge in [0, 0.05) is 4.47 Å². The van der Waals surface area contributed by atoms with Gasteiger partial charge < -0.3 is 10.6 Å². The average molecular weight is 395 g/mol. The number of carbonyl (C=O) groups excluding carboxylic acids is 1. The van der Waals surface area contributed by atoms with E-state index in [1.54, 1.807) is 0 Å². The number of hydrogen-bond donors (Lipinski definition) is 2. The molecular formula is C21H19BrN2O. The molecule has 0 aliphatic carbocycles. The van der Waals surface area contributed by atoms with E-state index in [9.17, 15) is 4.79 Å². The number of amides is 2. The molecule has 0 saturated heterocycles. The highest BCUT2D eigenvalue weighted by Crippen LogP contribution is 2.25. The van der Waals surface area contributed by atoms with Crippen LogP contribution in [0.5, 0.6) is 0 Å². The van der Waals surface area contributed by atoms with E-state index >= 15 is 0 Å². The quantitative estimate of drug-likeness (QED) is 0.587. The first-order chi connectivity index (χ1) is 12.1. The molecule has 0 aliphatic heterocycles. The van der Waals surface area contributed by atoms with Gasteiger partial charge in [0.25, 0.3) is 0 Å². The van der Waals surface area contributed by atoms with Crippen LogP contribution in [0.1, 0.15) is 22.7 Å². The van der Waals surface area contributed by atoms with E-state index in [4.69, 9.17) is 0 Å². The zero-order chi connectivity index (χ0) is 17.6. The van der Waals surface area contributed by atoms with Gasteiger partial charge in [-0.2, -0.15) is 0 Å². The van der Waals surface area contributed by atoms with Gasteiger partial charge in [-0.15, -0.1) is 0 Å². The molecule has 126 valence electrons. The van der Waals surface area contributed by atoms with Crippen LogP contribution in [0.15, 0.2) is 83.3 Å². The van der Waals surface area contributed by atoms with Crippen LogP contribution in [0, 0.1) is 6.92 Å². The number of carbonyl (C=O) groups is 1. The minimum absolute atomic E-state index is 0.216. The molecule has 3 rings (SSSR count). The second kappa shape index (κ2) is 7.99. The molecule has 25 heavy (non-hydrogen) atoms. The Kier molecular flexibility index (Phi) is 5.51. The summed E-state index contributed by atoms with van der Waals surface area (Å²) < 4.78 is 0.860. The lowest BCUT2D eigenvalue weighted by atomic mass is 9.99. The number of aryl methyl sites for hydroxylation is 1. The van der Waals surface area contributed by atoms with E-state index < -0.39 is 0 Å². The molecule has 3 aromatic carbocycles. The summed E-state index contributed by atoms with van der Waals surface area (Å²) in [6.45, 7) is 2.01. The van der Waals surface area contributed by atoms with Crippen molar-refractivity contribution >= 4 is 27.6 Å². The predicted molar refractivity (Wildman–Crippen MR) is 106 cm³/mol. The Morgan fingerprint density at radius 3 is 1.96 bits per heavy atom. The van der Waals surface area contributed by atoms with Crippen molar-refractivity contribution in [2.45, 2.75) is 13.0 Å². The van der Waals surface area contributed by atoms with Crippen LogP contribution in [0.4, 0.5) is 10.5 Å². The molecule has 3 nitrogen and oxygen atoms in total. The highest BCUT2D eigenvalue weighted by molar-refractivity contribution is 9.10. The maximum atomic E-state index is 12.6. The van der Waals surface area contributed by atoms with E-state index in [1.165, 1.54) is 0 Å². The van der Waals surface area contributed by atoms with Gasteiger partial charge in [0.05, 0.1) is 11.7 Å². The third kappa shape index (κ3) is 4.48. The third-order valence-corrected chi connectivity index (χ3v) is 4.57. The maximum Gasteiger partial charge on any atom is 0.320 e. The lowest BCUT2D eigenvalue weighted by Crippen LogP contribution is -2.33. The second-order valence-corrected chi connectivity index (χ2v) is 6.69. The van der Waals surface area contributed by atoms with Gasteiger partial charge in [-0.05, 0) is 51.7 Å². The van der Waals surface area contributed by atoms with Gasteiger partial charge in [0.15, 0.2) is 0 Å². The molecule has 0 saturated carbocycles. The SMILES string of the molecule is Cc1ccc(NC(=O)NC(c2ccccc2)c2ccccc2)c(Br)c1. The summed E-state index contributed by atoms with van der Waals surface area (Å²) in [6.07, 6.45) is 0. The van der Waals surface area contributed by atoms with Crippen molar-refractivity contribution in [3.05, 3.63) is 100 Å². The van der Waals surface area contributed by atoms with E-state index in [-0.39, 0.29) is 12.1 Å². The minimum Gasteiger partial charge on any atom is -0.327 e. The number of hydrogen-bond acceptors (Lipinski definition) is 1. The summed E-state index contributed by atoms with van der Waals surface area (Å²) in [7, 11) is 0. The summed E-state index contributed by atoms with van der Waals surface area (Å²) in [5.41, 5.74) is 3.94. The van der Waals surface area contributed by atoms with Gasteiger partial charge >= 0.3 is 6.03 Å². The summed E-state index contributed by atoms with van der Waals surface area (Å²) in [4.78, 5) is 12.6. The van der Waals surface area contributed by atoms with Crippen molar-refractivity contribution in [1.29, 1.82) is 0 Å². The van der Waals surface area contributed by atoms with Crippen molar-refractivity contribution < 1.29 is 4.79 Å². The first-order valence-electron chi connectivity index (χ1n) is 8.07. The lowest BCUT2D eigenvalue weighted by molar-refractivity contribution is 0.250. The predicted octanol–water partition coefficient (Wildman–Crippen LogP) is 5.67. The number of rotatable bonds is 4. The zero-order valence-electron chi connectivity index (χ0n) is 13.9. The number of urea groups is 1. The molecule has 4 heteroatoms. The molecule has 0 unspecified atom stereocenters. The Morgan fingerprint density at radius 2 is 1.44 bits per heavy atom. The van der Waals surface area contributed by atoms with Crippen LogP contribution in [-0.4, -0.2) is 6.03 Å². The molecule has 2 amide bonds. The largest absolute Gasteiger partial charge is 0.327 e. The summed E-state index contributed by atoms with van der Waals surface area (Å²) in [5.74, 6) is 0. The van der Waals surface area contributed by atoms with Crippen LogP contribution in [0.25, 0.3) is 0 Å². The average Bonchev–Trinajstić information content (AvgIpc) is 2.63. The van der Waals surface area contributed by atoms with E-state index in [0.29, 0.717) is 0 Å². The monoisotopic (exact) mass is 394 g/mol. The smallest absolute Gasteiger partial charge is 0.320 e. The molecule has 3 aromatic rings. The second-order valence-electron chi connectivity index (χ2n) is 5.84. The first-order valence-corrected chi connectivity index (χ1v) is 8.86. The first kappa shape index (κ1) is 17.2. The Labute approximate surface area is 156 Å². The van der Waals surface area contributed by atoms with Crippen molar-refractivity contribution in [2.24, 2.45) is 0 Å². The number of benzene rings is 3. The van der Waals surface area contributed by atoms with E-state index in [2.05, 4.69) is 26.6 Å². The summed E-state index contributed by atoms with van der Waals surface area (Å²) >= 11 is 3.49. The van der Waals surface area contributed by atoms with Crippen molar-refractivity contribution in [1.82, 2.24) is 5.32 Å². The summed E-state index contributed by atoms with van der Waals surface area (Å²) in [6, 6.07) is 25.2. The Bertz CT molecular complexity index is 811. The normalized spacial score (nSPS) is 10.5. The molecule has 0 aromatic heterocycles. The summed E-state index contributed by atoms with van der Waals surface area (Å²) in [5, 5.41) is 5.98. The van der Waals surface area contributed by atoms with Crippen LogP contribution in [-0.2, 0) is 0 Å². The fraction of sp³-hybridized carbons (Fsp3) is 0.0952. The number of halogens is 1. The van der Waals surface area contributed by atoms with Crippen LogP contribution in [0.2, 0.25) is 0 Å². The van der Waals surface area contributed by atoms with E-state index in [0.717, 1.165) is 26.9 Å². The fourth-order valence-corrected chi connectivity index (χ4v) is 3.25. The van der Waals surface area contributed by atoms with Gasteiger partial charge in [-0.25, -0.2) is 4.79 Å². The Morgan fingerprint density at radius 1 is 0.880 bits per heavy atom. The molecule has 0 bridgehead atoms. The fourth-order valence-electron chi connectivity index (χ4n) is 2.66. The van der Waals surface area contributed by atoms with Crippen molar-refractivity contribution in [3.8, 4) is 0 Å². The lowest BCUT2D eigenvalue weighted by Gasteiger charge is -2.20. The van der Waals surface area contributed by atoms with E-state index in [1.807, 2.05) is 85.8 Å². The Hall–Kier alpha value is -2.59. The van der Waals surface area contributed by atoms with Crippen LogP contribution in [0.3, 0.4) is 0 Å². The van der Waals surface area contributed by atoms with Crippen molar-refractivity contribution in [3.63, 3.8) is 0 Å². The van der Waals surface area contributed by atoms with Crippen LogP contribution >= 0.6 is 15.9 Å². The number of anilines is 1. The highest BCUT2D eigenvalue weighted by atomic mass is 79.9. The highest BCUT2D eigenvalue weighted by Gasteiger charge is 2.17. The number of nitrogens with one attached hydrogen (secondary N) is 2. The molecule has 0 aliphatic rings.